The minimum absolute atomic E-state index is 0.130. The number of hydrogen-bond donors (Lipinski definition) is 2. The van der Waals surface area contributed by atoms with E-state index in [1.807, 2.05) is 5.32 Å². The summed E-state index contributed by atoms with van der Waals surface area (Å²) in [7, 11) is 0. The van der Waals surface area contributed by atoms with Crippen molar-refractivity contribution >= 4 is 23.2 Å². The Hall–Kier alpha value is -5.06. The molecule has 5 aromatic rings. The molecule has 5 rings (SSSR count). The molecule has 0 saturated carbocycles. The van der Waals surface area contributed by atoms with E-state index in [0.717, 1.165) is 0 Å². The van der Waals surface area contributed by atoms with Crippen LogP contribution in [0.5, 0.6) is 0 Å². The molecule has 8 nitrogen and oxygen atoms in total. The van der Waals surface area contributed by atoms with Gasteiger partial charge in [0.2, 0.25) is 5.95 Å². The Kier molecular flexibility index (Phi) is 3.24. The van der Waals surface area contributed by atoms with Crippen molar-refractivity contribution in [2.24, 2.45) is 0 Å². The SMILES string of the molecule is [2H]c1nc(Nc2c([2H])c(C(=O)Nc3c([2H])c(-n4c([2H])nc(C([2H])([2H])[2H])c4[2H])c([2H])c(C(F)(F)F)c3[2H])c([2H])c([2H])c2C)nc(-c2c([2H])nc([2H])c([2H])c2[2H])c1[2H]. The quantitative estimate of drug-likeness (QED) is 0.257. The van der Waals surface area contributed by atoms with E-state index in [4.69, 9.17) is 23.3 Å². The predicted octanol–water partition coefficient (Wildman–Crippen LogP) is 6.36. The number of halogens is 3. The summed E-state index contributed by atoms with van der Waals surface area (Å²) >= 11 is 0. The van der Waals surface area contributed by atoms with Crippen LogP contribution < -0.4 is 10.6 Å². The van der Waals surface area contributed by atoms with Crippen molar-refractivity contribution in [3.8, 4) is 16.9 Å². The lowest BCUT2D eigenvalue weighted by atomic mass is 10.1. The first-order valence-electron chi connectivity index (χ1n) is 19.0. The maximum atomic E-state index is 14.3. The number of benzene rings is 2. The number of carbonyl (C=O) groups excluding carboxylic acids is 1. The standard InChI is InChI=1S/C28H22F3N7O/c1-17-5-6-19(10-25(17)37-27-33-9-7-24(36-27)20-4-3-8-32-14-20)26(39)35-22-11-21(28(29,30)31)12-23(13-22)38-15-18(2)34-16-38/h3-16H,1-2H3,(H,35,39)(H,33,36,37)/i2D3,3D,4D,5D,6D,7D,8D,9D,10D,11D,12D,13D,14D,15D,16D. The van der Waals surface area contributed by atoms with Gasteiger partial charge in [0.05, 0.1) is 41.1 Å². The molecule has 11 heteroatoms. The summed E-state index contributed by atoms with van der Waals surface area (Å²) in [5.74, 6) is -2.28. The lowest BCUT2D eigenvalue weighted by Gasteiger charge is -2.14. The summed E-state index contributed by atoms with van der Waals surface area (Å²) in [5.41, 5.74) is -8.61. The van der Waals surface area contributed by atoms with Gasteiger partial charge in [0.15, 0.2) is 0 Å². The Bertz CT molecular complexity index is 2510. The Labute approximate surface area is 245 Å². The number of aromatic nitrogens is 5. The predicted molar refractivity (Wildman–Crippen MR) is 141 cm³/mol. The second-order valence-corrected chi connectivity index (χ2v) is 7.40. The number of hydrogen-bond acceptors (Lipinski definition) is 6. The molecule has 196 valence electrons. The molecule has 1 amide bonds. The number of carbonyl (C=O) groups is 1. The topological polar surface area (TPSA) is 97.6 Å². The monoisotopic (exact) mass is 546 g/mol. The van der Waals surface area contributed by atoms with Gasteiger partial charge in [0.25, 0.3) is 5.91 Å². The highest BCUT2D eigenvalue weighted by molar-refractivity contribution is 6.05. The number of pyridine rings is 1. The van der Waals surface area contributed by atoms with E-state index in [0.29, 0.717) is 0 Å². The van der Waals surface area contributed by atoms with Crippen LogP contribution >= 0.6 is 0 Å². The van der Waals surface area contributed by atoms with Crippen LogP contribution in [-0.2, 0) is 6.18 Å². The van der Waals surface area contributed by atoms with E-state index >= 15 is 0 Å². The second-order valence-electron chi connectivity index (χ2n) is 7.40. The number of rotatable bonds is 6. The van der Waals surface area contributed by atoms with Gasteiger partial charge in [0, 0.05) is 57.0 Å². The van der Waals surface area contributed by atoms with Crippen LogP contribution in [0, 0.1) is 13.8 Å². The van der Waals surface area contributed by atoms with Crippen LogP contribution in [0.2, 0.25) is 0 Å². The molecular weight excluding hydrogens is 507 g/mol. The summed E-state index contributed by atoms with van der Waals surface area (Å²) in [5, 5.41) is 4.28. The Morgan fingerprint density at radius 2 is 1.95 bits per heavy atom. The average molecular weight is 547 g/mol. The molecule has 3 aromatic heterocycles. The normalized spacial score (nSPS) is 17.8. The van der Waals surface area contributed by atoms with Gasteiger partial charge in [-0.2, -0.15) is 13.2 Å². The maximum Gasteiger partial charge on any atom is 0.416 e. The van der Waals surface area contributed by atoms with Crippen molar-refractivity contribution < 1.29 is 41.3 Å². The summed E-state index contributed by atoms with van der Waals surface area (Å²) in [4.78, 5) is 28.4. The lowest BCUT2D eigenvalue weighted by molar-refractivity contribution is -0.137. The third-order valence-electron chi connectivity index (χ3n) is 4.68. The first kappa shape index (κ1) is 12.2. The Morgan fingerprint density at radius 3 is 2.74 bits per heavy atom. The highest BCUT2D eigenvalue weighted by Gasteiger charge is 2.31. The molecule has 0 spiro atoms. The fourth-order valence-corrected chi connectivity index (χ4v) is 2.94. The van der Waals surface area contributed by atoms with Gasteiger partial charge in [-0.3, -0.25) is 9.78 Å². The van der Waals surface area contributed by atoms with Crippen LogP contribution in [0.25, 0.3) is 16.9 Å². The van der Waals surface area contributed by atoms with Crippen molar-refractivity contribution in [1.29, 1.82) is 0 Å². The number of imidazole rings is 1. The van der Waals surface area contributed by atoms with Crippen LogP contribution in [-0.4, -0.2) is 30.4 Å². The van der Waals surface area contributed by atoms with Gasteiger partial charge in [-0.25, -0.2) is 15.0 Å². The fraction of sp³-hybridized carbons (Fsp3) is 0.107. The second kappa shape index (κ2) is 10.4. The largest absolute Gasteiger partial charge is 0.416 e. The zero-order chi connectivity index (χ0) is 42.3. The minimum atomic E-state index is -5.54. The van der Waals surface area contributed by atoms with Crippen molar-refractivity contribution in [1.82, 2.24) is 24.5 Å². The molecule has 0 radical (unpaired) electrons. The number of alkyl halides is 3. The molecule has 0 bridgehead atoms. The number of aryl methyl sites for hydroxylation is 1. The number of nitrogens with one attached hydrogen (secondary N) is 2. The smallest absolute Gasteiger partial charge is 0.324 e. The molecule has 0 fully saturated rings. The average Bonchev–Trinajstić information content (AvgIpc) is 3.38. The lowest BCUT2D eigenvalue weighted by Crippen LogP contribution is -2.14. The van der Waals surface area contributed by atoms with Gasteiger partial charge in [-0.1, -0.05) is 6.04 Å². The van der Waals surface area contributed by atoms with E-state index in [-0.39, 0.29) is 10.1 Å². The number of amides is 1. The van der Waals surface area contributed by atoms with Gasteiger partial charge in [-0.05, 0) is 67.7 Å². The maximum absolute atomic E-state index is 14.3. The van der Waals surface area contributed by atoms with Crippen molar-refractivity contribution in [3.05, 3.63) is 108 Å². The van der Waals surface area contributed by atoms with Gasteiger partial charge in [0.1, 0.15) is 1.37 Å². The molecule has 3 heterocycles. The number of nitrogens with zero attached hydrogens (tertiary/aromatic N) is 5. The summed E-state index contributed by atoms with van der Waals surface area (Å²) in [6.07, 6.45) is -10.2. The van der Waals surface area contributed by atoms with E-state index in [1.165, 1.54) is 6.92 Å². The highest BCUT2D eigenvalue weighted by atomic mass is 19.4. The summed E-state index contributed by atoms with van der Waals surface area (Å²) in [6.45, 7) is -1.96. The van der Waals surface area contributed by atoms with Crippen LogP contribution in [0.15, 0.2) is 85.4 Å². The third kappa shape index (κ3) is 5.93. The molecule has 0 unspecified atom stereocenters. The fourth-order valence-electron chi connectivity index (χ4n) is 2.94. The van der Waals surface area contributed by atoms with E-state index in [9.17, 15) is 18.0 Å². The van der Waals surface area contributed by atoms with E-state index in [1.54, 1.807) is 0 Å². The molecule has 0 aliphatic heterocycles. The minimum Gasteiger partial charge on any atom is -0.324 e. The first-order chi connectivity index (χ1) is 25.7. The van der Waals surface area contributed by atoms with E-state index in [2.05, 4.69) is 25.3 Å². The van der Waals surface area contributed by atoms with Crippen molar-refractivity contribution in [2.45, 2.75) is 20.0 Å². The molecule has 2 aromatic carbocycles. The van der Waals surface area contributed by atoms with E-state index < -0.39 is 155 Å². The van der Waals surface area contributed by atoms with Gasteiger partial charge in [-0.15, -0.1) is 0 Å². The molecule has 0 aliphatic carbocycles. The zero-order valence-corrected chi connectivity index (χ0v) is 19.3. The molecular formula is C28H22F3N7O. The van der Waals surface area contributed by atoms with Crippen LogP contribution in [0.3, 0.4) is 0 Å². The van der Waals surface area contributed by atoms with Crippen molar-refractivity contribution in [2.75, 3.05) is 10.6 Å². The molecule has 0 atom stereocenters. The molecule has 39 heavy (non-hydrogen) atoms. The molecule has 0 aliphatic rings. The molecule has 0 saturated heterocycles. The highest BCUT2D eigenvalue weighted by Crippen LogP contribution is 2.33. The summed E-state index contributed by atoms with van der Waals surface area (Å²) < 4.78 is 181. The zero-order valence-electron chi connectivity index (χ0n) is 36.3. The third-order valence-corrected chi connectivity index (χ3v) is 4.68. The van der Waals surface area contributed by atoms with Gasteiger partial charge >= 0.3 is 6.18 Å². The van der Waals surface area contributed by atoms with Crippen molar-refractivity contribution in [3.63, 3.8) is 0 Å². The Balaban J connectivity index is 1.68. The first-order valence-corrected chi connectivity index (χ1v) is 10.5. The number of anilines is 3. The summed E-state index contributed by atoms with van der Waals surface area (Å²) in [6, 6.07) is -9.50. The van der Waals surface area contributed by atoms with Crippen LogP contribution in [0.1, 0.15) is 50.5 Å². The Morgan fingerprint density at radius 1 is 1.08 bits per heavy atom. The molecule has 2 N–H and O–H groups in total. The van der Waals surface area contributed by atoms with Gasteiger partial charge < -0.3 is 15.2 Å². The van der Waals surface area contributed by atoms with Crippen LogP contribution in [0.4, 0.5) is 30.5 Å².